The highest BCUT2D eigenvalue weighted by atomic mass is 16.5. The third kappa shape index (κ3) is 3.43. The molecule has 2 aliphatic rings. The number of rotatable bonds is 5. The molecule has 1 saturated carbocycles. The van der Waals surface area contributed by atoms with E-state index in [1.165, 1.54) is 12.8 Å². The molecule has 5 heteroatoms. The number of carbonyl (C=O) groups is 1. The highest BCUT2D eigenvalue weighted by Gasteiger charge is 2.36. The predicted octanol–water partition coefficient (Wildman–Crippen LogP) is 0.819. The molecule has 2 fully saturated rings. The maximum Gasteiger partial charge on any atom is 0.248 e. The summed E-state index contributed by atoms with van der Waals surface area (Å²) in [5.41, 5.74) is 0. The minimum atomic E-state index is 0.0892. The van der Waals surface area contributed by atoms with Crippen LogP contribution in [-0.4, -0.2) is 63.0 Å². The molecule has 1 aliphatic carbocycles. The lowest BCUT2D eigenvalue weighted by atomic mass is 9.90. The molecule has 0 aromatic carbocycles. The van der Waals surface area contributed by atoms with Gasteiger partial charge in [-0.25, -0.2) is 0 Å². The summed E-state index contributed by atoms with van der Waals surface area (Å²) < 4.78 is 15.9. The summed E-state index contributed by atoms with van der Waals surface area (Å²) >= 11 is 0. The maximum absolute atomic E-state index is 12.1. The topological polar surface area (TPSA) is 48.0 Å². The first-order chi connectivity index (χ1) is 8.83. The van der Waals surface area contributed by atoms with Crippen molar-refractivity contribution in [1.82, 2.24) is 4.90 Å². The summed E-state index contributed by atoms with van der Waals surface area (Å²) in [5, 5.41) is 0. The highest BCUT2D eigenvalue weighted by molar-refractivity contribution is 5.78. The van der Waals surface area contributed by atoms with Crippen LogP contribution in [0.5, 0.6) is 0 Å². The fraction of sp³-hybridized carbons (Fsp3) is 0.923. The molecule has 0 aromatic rings. The third-order valence-corrected chi connectivity index (χ3v) is 3.71. The fourth-order valence-electron chi connectivity index (χ4n) is 2.79. The van der Waals surface area contributed by atoms with E-state index in [0.717, 1.165) is 12.8 Å². The van der Waals surface area contributed by atoms with E-state index in [1.54, 1.807) is 7.11 Å². The number of hydrogen-bond acceptors (Lipinski definition) is 4. The Balaban J connectivity index is 1.80. The molecule has 1 amide bonds. The van der Waals surface area contributed by atoms with E-state index < -0.39 is 0 Å². The summed E-state index contributed by atoms with van der Waals surface area (Å²) in [6.07, 6.45) is 4.80. The molecule has 1 saturated heterocycles. The van der Waals surface area contributed by atoms with Crippen molar-refractivity contribution >= 4 is 5.91 Å². The lowest BCUT2D eigenvalue weighted by Crippen LogP contribution is -2.55. The smallest absolute Gasteiger partial charge is 0.248 e. The van der Waals surface area contributed by atoms with Gasteiger partial charge in [-0.2, -0.15) is 0 Å². The minimum Gasteiger partial charge on any atom is -0.382 e. The first-order valence-electron chi connectivity index (χ1n) is 6.80. The van der Waals surface area contributed by atoms with Crippen molar-refractivity contribution in [3.63, 3.8) is 0 Å². The lowest BCUT2D eigenvalue weighted by molar-refractivity contribution is -0.154. The lowest BCUT2D eigenvalue weighted by Gasteiger charge is -2.43. The van der Waals surface area contributed by atoms with Crippen LogP contribution in [0, 0.1) is 0 Å². The summed E-state index contributed by atoms with van der Waals surface area (Å²) in [5.74, 6) is 0.0892. The Labute approximate surface area is 108 Å². The summed E-state index contributed by atoms with van der Waals surface area (Å²) in [7, 11) is 1.62. The number of fused-ring (bicyclic) bond motifs is 1. The molecule has 0 unspecified atom stereocenters. The van der Waals surface area contributed by atoms with Gasteiger partial charge < -0.3 is 19.1 Å². The number of hydrogen-bond donors (Lipinski definition) is 0. The van der Waals surface area contributed by atoms with E-state index >= 15 is 0 Å². The molecule has 2 rings (SSSR count). The zero-order valence-corrected chi connectivity index (χ0v) is 11.1. The van der Waals surface area contributed by atoms with Crippen LogP contribution < -0.4 is 0 Å². The van der Waals surface area contributed by atoms with Crippen molar-refractivity contribution in [2.75, 3.05) is 40.1 Å². The summed E-state index contributed by atoms with van der Waals surface area (Å²) in [6, 6.07) is 0.269. The molecule has 1 heterocycles. The molecule has 5 nitrogen and oxygen atoms in total. The Morgan fingerprint density at radius 1 is 1.33 bits per heavy atom. The first-order valence-corrected chi connectivity index (χ1v) is 6.80. The molecular weight excluding hydrogens is 234 g/mol. The van der Waals surface area contributed by atoms with E-state index in [2.05, 4.69) is 0 Å². The monoisotopic (exact) mass is 257 g/mol. The largest absolute Gasteiger partial charge is 0.382 e. The number of nitrogens with zero attached hydrogens (tertiary/aromatic N) is 1. The van der Waals surface area contributed by atoms with Gasteiger partial charge in [-0.1, -0.05) is 12.8 Å². The number of morpholine rings is 1. The average Bonchev–Trinajstić information content (AvgIpc) is 2.43. The van der Waals surface area contributed by atoms with Gasteiger partial charge in [0.15, 0.2) is 0 Å². The highest BCUT2D eigenvalue weighted by Crippen LogP contribution is 2.28. The molecule has 0 bridgehead atoms. The maximum atomic E-state index is 12.1. The van der Waals surface area contributed by atoms with Gasteiger partial charge in [0.05, 0.1) is 32.0 Å². The summed E-state index contributed by atoms with van der Waals surface area (Å²) in [6.45, 7) is 2.52. The Kier molecular flexibility index (Phi) is 5.41. The fourth-order valence-corrected chi connectivity index (χ4v) is 2.79. The van der Waals surface area contributed by atoms with Crippen LogP contribution in [0.4, 0.5) is 0 Å². The molecule has 104 valence electrons. The van der Waals surface area contributed by atoms with Crippen LogP contribution in [0.3, 0.4) is 0 Å². The van der Waals surface area contributed by atoms with Crippen LogP contribution in [-0.2, 0) is 19.0 Å². The van der Waals surface area contributed by atoms with Gasteiger partial charge >= 0.3 is 0 Å². The first kappa shape index (κ1) is 13.8. The molecular formula is C13H23NO4. The van der Waals surface area contributed by atoms with E-state index in [-0.39, 0.29) is 24.7 Å². The molecule has 0 radical (unpaired) electrons. The average molecular weight is 257 g/mol. The quantitative estimate of drug-likeness (QED) is 0.684. The van der Waals surface area contributed by atoms with Crippen LogP contribution >= 0.6 is 0 Å². The standard InChI is InChI=1S/C13H23NO4/c1-16-8-9-17-10-13(15)14-6-7-18-12-5-3-2-4-11(12)14/h11-12H,2-10H2,1H3/t11-,12+/m1/s1. The Hall–Kier alpha value is -0.650. The van der Waals surface area contributed by atoms with Gasteiger partial charge in [0.25, 0.3) is 0 Å². The van der Waals surface area contributed by atoms with Gasteiger partial charge in [-0.05, 0) is 12.8 Å². The van der Waals surface area contributed by atoms with Crippen LogP contribution in [0.15, 0.2) is 0 Å². The SMILES string of the molecule is COCCOCC(=O)N1CCO[C@H]2CCCC[C@H]21. The molecule has 18 heavy (non-hydrogen) atoms. The molecule has 0 N–H and O–H groups in total. The van der Waals surface area contributed by atoms with Gasteiger partial charge in [-0.15, -0.1) is 0 Å². The van der Waals surface area contributed by atoms with E-state index in [0.29, 0.717) is 26.4 Å². The normalized spacial score (nSPS) is 27.9. The second-order valence-corrected chi connectivity index (χ2v) is 4.89. The number of ether oxygens (including phenoxy) is 3. The van der Waals surface area contributed by atoms with Gasteiger partial charge in [0, 0.05) is 13.7 Å². The second-order valence-electron chi connectivity index (χ2n) is 4.89. The predicted molar refractivity (Wildman–Crippen MR) is 66.4 cm³/mol. The Morgan fingerprint density at radius 3 is 3.00 bits per heavy atom. The summed E-state index contributed by atoms with van der Waals surface area (Å²) in [4.78, 5) is 14.1. The van der Waals surface area contributed by atoms with Crippen molar-refractivity contribution < 1.29 is 19.0 Å². The molecule has 2 atom stereocenters. The molecule has 0 aromatic heterocycles. The minimum absolute atomic E-state index is 0.0892. The van der Waals surface area contributed by atoms with Crippen LogP contribution in [0.1, 0.15) is 25.7 Å². The van der Waals surface area contributed by atoms with Gasteiger partial charge in [0.1, 0.15) is 6.61 Å². The van der Waals surface area contributed by atoms with E-state index in [9.17, 15) is 4.79 Å². The number of amides is 1. The van der Waals surface area contributed by atoms with E-state index in [4.69, 9.17) is 14.2 Å². The van der Waals surface area contributed by atoms with Crippen molar-refractivity contribution in [1.29, 1.82) is 0 Å². The Morgan fingerprint density at radius 2 is 2.17 bits per heavy atom. The second kappa shape index (κ2) is 7.07. The zero-order chi connectivity index (χ0) is 12.8. The van der Waals surface area contributed by atoms with Gasteiger partial charge in [-0.3, -0.25) is 4.79 Å². The molecule has 0 spiro atoms. The van der Waals surface area contributed by atoms with E-state index in [1.807, 2.05) is 4.90 Å². The van der Waals surface area contributed by atoms with Crippen LogP contribution in [0.25, 0.3) is 0 Å². The van der Waals surface area contributed by atoms with Crippen molar-refractivity contribution in [2.24, 2.45) is 0 Å². The van der Waals surface area contributed by atoms with Crippen molar-refractivity contribution in [3.05, 3.63) is 0 Å². The number of carbonyl (C=O) groups excluding carboxylic acids is 1. The Bertz CT molecular complexity index is 270. The van der Waals surface area contributed by atoms with Crippen molar-refractivity contribution in [2.45, 2.75) is 37.8 Å². The van der Waals surface area contributed by atoms with Gasteiger partial charge in [0.2, 0.25) is 5.91 Å². The molecule has 1 aliphatic heterocycles. The van der Waals surface area contributed by atoms with Crippen LogP contribution in [0.2, 0.25) is 0 Å². The third-order valence-electron chi connectivity index (χ3n) is 3.71. The zero-order valence-electron chi connectivity index (χ0n) is 11.1. The van der Waals surface area contributed by atoms with Crippen molar-refractivity contribution in [3.8, 4) is 0 Å². The number of methoxy groups -OCH3 is 1.